The Morgan fingerprint density at radius 1 is 0.211 bits per heavy atom. The molecule has 2 aromatic heterocycles. The van der Waals surface area contributed by atoms with Gasteiger partial charge in [0.1, 0.15) is 0 Å². The van der Waals surface area contributed by atoms with Gasteiger partial charge in [0.05, 0.1) is 45.5 Å². The summed E-state index contributed by atoms with van der Waals surface area (Å²) in [6.07, 6.45) is 7.01. The number of pyridine rings is 1. The van der Waals surface area contributed by atoms with Crippen LogP contribution < -0.4 is 19.6 Å². The largest absolute Gasteiger partial charge is 0.306 e. The van der Waals surface area contributed by atoms with Crippen LogP contribution in [0.5, 0.6) is 0 Å². The first-order chi connectivity index (χ1) is 44.7. The molecule has 0 aliphatic carbocycles. The number of benzene rings is 11. The standard InChI is InChI=1S/C83H63N7/c1-3-23-56(24-4-1)68-55-69(85-81(84-68)67-33-5-2-6-34-67)57-43-53-66(54-44-57)78-79(87-70-35-15-7-25-58(70)45-46-59-26-8-16-36-71(59)87)82(89-74-39-19-11-29-62(74)49-50-63-30-12-20-40-75(63)89)86-83(90-76-41-21-13-31-64(76)51-52-65-32-14-22-42-77(65)90)80(78)88-72-37-17-9-27-60(72)47-48-61-28-10-18-38-73(61)88/h1-44,53-55H,45-52H2. The second-order valence-corrected chi connectivity index (χ2v) is 24.0. The monoisotopic (exact) mass is 1160 g/mol. The van der Waals surface area contributed by atoms with Gasteiger partial charge in [0.2, 0.25) is 0 Å². The molecular weight excluding hydrogens is 1090 g/mol. The Labute approximate surface area is 526 Å². The number of hydrogen-bond donors (Lipinski definition) is 0. The van der Waals surface area contributed by atoms with Gasteiger partial charge < -0.3 is 9.80 Å². The van der Waals surface area contributed by atoms with E-state index in [2.05, 4.69) is 299 Å². The molecule has 430 valence electrons. The van der Waals surface area contributed by atoms with Crippen LogP contribution in [0.3, 0.4) is 0 Å². The summed E-state index contributed by atoms with van der Waals surface area (Å²) >= 11 is 0. The van der Waals surface area contributed by atoms with E-state index in [1.165, 1.54) is 44.5 Å². The second kappa shape index (κ2) is 22.5. The highest BCUT2D eigenvalue weighted by Gasteiger charge is 2.41. The van der Waals surface area contributed by atoms with E-state index in [1.807, 2.05) is 6.07 Å². The van der Waals surface area contributed by atoms with E-state index in [0.29, 0.717) is 5.82 Å². The third-order valence-corrected chi connectivity index (χ3v) is 18.8. The second-order valence-electron chi connectivity index (χ2n) is 24.0. The van der Waals surface area contributed by atoms with Gasteiger partial charge in [-0.15, -0.1) is 0 Å². The first-order valence-corrected chi connectivity index (χ1v) is 31.7. The average molecular weight is 1160 g/mol. The summed E-state index contributed by atoms with van der Waals surface area (Å²) in [5, 5.41) is 0. The Kier molecular flexibility index (Phi) is 13.3. The van der Waals surface area contributed by atoms with Crippen LogP contribution in [-0.2, 0) is 51.4 Å². The van der Waals surface area contributed by atoms with Crippen molar-refractivity contribution < 1.29 is 0 Å². The van der Waals surface area contributed by atoms with Crippen molar-refractivity contribution in [3.8, 4) is 45.0 Å². The van der Waals surface area contributed by atoms with Crippen LogP contribution in [0.2, 0.25) is 0 Å². The Morgan fingerprint density at radius 2 is 0.456 bits per heavy atom. The van der Waals surface area contributed by atoms with Gasteiger partial charge >= 0.3 is 0 Å². The fourth-order valence-electron chi connectivity index (χ4n) is 14.5. The number of anilines is 12. The van der Waals surface area contributed by atoms with Crippen LogP contribution in [0.4, 0.5) is 68.5 Å². The lowest BCUT2D eigenvalue weighted by molar-refractivity contribution is 0.977. The third-order valence-electron chi connectivity index (χ3n) is 18.8. The van der Waals surface area contributed by atoms with Gasteiger partial charge in [-0.3, -0.25) is 9.80 Å². The van der Waals surface area contributed by atoms with Crippen LogP contribution in [-0.4, -0.2) is 15.0 Å². The van der Waals surface area contributed by atoms with Crippen molar-refractivity contribution in [1.29, 1.82) is 0 Å². The van der Waals surface area contributed by atoms with Crippen LogP contribution >= 0.6 is 0 Å². The fourth-order valence-corrected chi connectivity index (χ4v) is 14.5. The molecule has 4 aliphatic heterocycles. The maximum absolute atomic E-state index is 6.68. The van der Waals surface area contributed by atoms with Crippen molar-refractivity contribution in [3.63, 3.8) is 0 Å². The molecule has 0 fully saturated rings. The minimum absolute atomic E-state index is 0.678. The van der Waals surface area contributed by atoms with E-state index >= 15 is 0 Å². The zero-order valence-electron chi connectivity index (χ0n) is 49.9. The molecule has 13 aromatic rings. The lowest BCUT2D eigenvalue weighted by Gasteiger charge is -2.40. The van der Waals surface area contributed by atoms with Crippen LogP contribution in [0.15, 0.2) is 285 Å². The van der Waals surface area contributed by atoms with Crippen molar-refractivity contribution in [2.24, 2.45) is 0 Å². The van der Waals surface area contributed by atoms with E-state index in [4.69, 9.17) is 15.0 Å². The molecule has 0 radical (unpaired) electrons. The highest BCUT2D eigenvalue weighted by atomic mass is 15.3. The smallest absolute Gasteiger partial charge is 0.165 e. The summed E-state index contributed by atoms with van der Waals surface area (Å²) in [5.74, 6) is 2.33. The number of rotatable bonds is 8. The number of hydrogen-bond acceptors (Lipinski definition) is 7. The predicted molar refractivity (Wildman–Crippen MR) is 370 cm³/mol. The van der Waals surface area contributed by atoms with Crippen molar-refractivity contribution in [2.45, 2.75) is 51.4 Å². The Hall–Kier alpha value is -11.2. The lowest BCUT2D eigenvalue weighted by Crippen LogP contribution is -2.26. The maximum Gasteiger partial charge on any atom is 0.165 e. The van der Waals surface area contributed by atoms with Crippen molar-refractivity contribution in [1.82, 2.24) is 15.0 Å². The molecule has 0 saturated heterocycles. The quantitative estimate of drug-likeness (QED) is 0.150. The van der Waals surface area contributed by atoms with Crippen molar-refractivity contribution in [3.05, 3.63) is 330 Å². The summed E-state index contributed by atoms with van der Waals surface area (Å²) in [6, 6.07) is 105. The van der Waals surface area contributed by atoms with Gasteiger partial charge in [-0.1, -0.05) is 231 Å². The number of nitrogens with zero attached hydrogens (tertiary/aromatic N) is 7. The van der Waals surface area contributed by atoms with E-state index in [1.54, 1.807) is 0 Å². The molecular formula is C83H63N7. The number of para-hydroxylation sites is 8. The van der Waals surface area contributed by atoms with Crippen molar-refractivity contribution in [2.75, 3.05) is 19.6 Å². The minimum Gasteiger partial charge on any atom is -0.306 e. The van der Waals surface area contributed by atoms with E-state index in [9.17, 15) is 0 Å². The first kappa shape index (κ1) is 53.1. The third kappa shape index (κ3) is 9.23. The van der Waals surface area contributed by atoms with Crippen LogP contribution in [0, 0.1) is 0 Å². The fraction of sp³-hybridized carbons (Fsp3) is 0.0964. The summed E-state index contributed by atoms with van der Waals surface area (Å²) < 4.78 is 0. The van der Waals surface area contributed by atoms with Gasteiger partial charge in [0.15, 0.2) is 17.5 Å². The molecule has 11 aromatic carbocycles. The lowest BCUT2D eigenvalue weighted by atomic mass is 9.95. The molecule has 90 heavy (non-hydrogen) atoms. The molecule has 0 bridgehead atoms. The molecule has 0 atom stereocenters. The minimum atomic E-state index is 0.678. The zero-order chi connectivity index (χ0) is 59.5. The van der Waals surface area contributed by atoms with E-state index in [0.717, 1.165) is 159 Å². The van der Waals surface area contributed by atoms with Crippen molar-refractivity contribution >= 4 is 68.5 Å². The Morgan fingerprint density at radius 3 is 0.767 bits per heavy atom. The summed E-state index contributed by atoms with van der Waals surface area (Å²) in [5.41, 5.74) is 27.8. The molecule has 0 saturated carbocycles. The highest BCUT2D eigenvalue weighted by Crippen LogP contribution is 2.62. The van der Waals surface area contributed by atoms with Gasteiger partial charge in [0, 0.05) is 45.0 Å². The van der Waals surface area contributed by atoms with E-state index < -0.39 is 0 Å². The average Bonchev–Trinajstić information content (AvgIpc) is 1.09. The van der Waals surface area contributed by atoms with Gasteiger partial charge in [-0.25, -0.2) is 15.0 Å². The molecule has 7 heteroatoms. The van der Waals surface area contributed by atoms with Gasteiger partial charge in [0.25, 0.3) is 0 Å². The summed E-state index contributed by atoms with van der Waals surface area (Å²) in [4.78, 5) is 27.6. The van der Waals surface area contributed by atoms with Gasteiger partial charge in [-0.2, -0.15) is 0 Å². The molecule has 0 amide bonds. The summed E-state index contributed by atoms with van der Waals surface area (Å²) in [7, 11) is 0. The number of aromatic nitrogens is 3. The normalized spacial score (nSPS) is 13.8. The molecule has 4 aliphatic rings. The number of aryl methyl sites for hydroxylation is 8. The van der Waals surface area contributed by atoms with Crippen LogP contribution in [0.25, 0.3) is 45.0 Å². The molecule has 6 heterocycles. The zero-order valence-corrected chi connectivity index (χ0v) is 49.9. The predicted octanol–water partition coefficient (Wildman–Crippen LogP) is 20.8. The molecule has 0 N–H and O–H groups in total. The van der Waals surface area contributed by atoms with E-state index in [-0.39, 0.29) is 0 Å². The Bertz CT molecular complexity index is 4420. The first-order valence-electron chi connectivity index (χ1n) is 31.7. The maximum atomic E-state index is 6.68. The molecule has 0 unspecified atom stereocenters. The molecule has 0 spiro atoms. The SMILES string of the molecule is c1ccc(-c2cc(-c3ccc(-c4c(N5c6ccccc6CCc6ccccc65)c(N5c6ccccc6CCc6ccccc65)nc(N5c6ccccc6CCc6ccccc65)c4N4c5ccccc5CCc5ccccc54)cc3)nc(-c3ccccc3)n2)cc1. The molecule has 7 nitrogen and oxygen atoms in total. The topological polar surface area (TPSA) is 51.6 Å². The van der Waals surface area contributed by atoms with Crippen LogP contribution in [0.1, 0.15) is 44.5 Å². The Balaban J connectivity index is 1.08. The number of fused-ring (bicyclic) bond motifs is 8. The van der Waals surface area contributed by atoms with Gasteiger partial charge in [-0.05, 0) is 156 Å². The highest BCUT2D eigenvalue weighted by molar-refractivity contribution is 6.11. The summed E-state index contributed by atoms with van der Waals surface area (Å²) in [6.45, 7) is 0. The molecule has 17 rings (SSSR count).